The fraction of sp³-hybridized carbons (Fsp3) is 0.0435. The Morgan fingerprint density at radius 2 is 1.04 bits per heavy atom. The molecule has 0 atom stereocenters. The summed E-state index contributed by atoms with van der Waals surface area (Å²) in [5.74, 6) is 0. The molecule has 0 spiro atoms. The third-order valence-electron chi connectivity index (χ3n) is 4.66. The van der Waals surface area contributed by atoms with Crippen LogP contribution in [0.5, 0.6) is 0 Å². The van der Waals surface area contributed by atoms with Crippen LogP contribution >= 0.6 is 30.2 Å². The topological polar surface area (TPSA) is 0 Å². The van der Waals surface area contributed by atoms with Crippen LogP contribution in [0.2, 0.25) is 5.02 Å². The van der Waals surface area contributed by atoms with Gasteiger partial charge < -0.3 is 0 Å². The predicted molar refractivity (Wildman–Crippen MR) is 118 cm³/mol. The van der Waals surface area contributed by atoms with Crippen molar-refractivity contribution in [3.05, 3.63) is 112 Å². The second kappa shape index (κ2) is 7.76. The van der Waals surface area contributed by atoms with Gasteiger partial charge in [-0.25, -0.2) is 0 Å². The van der Waals surface area contributed by atoms with Crippen LogP contribution < -0.4 is 15.9 Å². The molecule has 26 heavy (non-hydrogen) atoms. The molecule has 3 heteroatoms. The van der Waals surface area contributed by atoms with Crippen LogP contribution in [0.1, 0.15) is 4.88 Å². The number of hydrogen-bond donors (Lipinski definition) is 0. The van der Waals surface area contributed by atoms with Crippen molar-refractivity contribution in [2.24, 2.45) is 0 Å². The minimum absolute atomic E-state index is 0.877. The van der Waals surface area contributed by atoms with E-state index < -0.39 is 7.26 Å². The number of halogens is 1. The van der Waals surface area contributed by atoms with E-state index in [0.717, 1.165) is 11.2 Å². The highest BCUT2D eigenvalue weighted by Gasteiger charge is 2.46. The van der Waals surface area contributed by atoms with Gasteiger partial charge in [-0.3, -0.25) is 0 Å². The maximum atomic E-state index is 6.54. The van der Waals surface area contributed by atoms with Gasteiger partial charge in [-0.15, -0.1) is 11.3 Å². The maximum Gasteiger partial charge on any atom is 0.117 e. The van der Waals surface area contributed by atoms with Crippen LogP contribution in [0.25, 0.3) is 0 Å². The molecular weight excluding hydrogens is 375 g/mol. The van der Waals surface area contributed by atoms with Crippen molar-refractivity contribution in [3.8, 4) is 0 Å². The zero-order valence-electron chi connectivity index (χ0n) is 14.3. The molecule has 4 aromatic rings. The van der Waals surface area contributed by atoms with E-state index in [1.165, 1.54) is 20.8 Å². The number of hydrogen-bond acceptors (Lipinski definition) is 1. The van der Waals surface area contributed by atoms with E-state index in [0.29, 0.717) is 0 Å². The molecule has 0 saturated carbocycles. The Hall–Kier alpha value is -1.92. The number of rotatable bonds is 5. The highest BCUT2D eigenvalue weighted by atomic mass is 35.5. The Labute approximate surface area is 164 Å². The molecule has 0 nitrogen and oxygen atoms in total. The first kappa shape index (κ1) is 17.5. The Morgan fingerprint density at radius 1 is 0.615 bits per heavy atom. The molecule has 0 saturated heterocycles. The molecule has 0 unspecified atom stereocenters. The zero-order valence-corrected chi connectivity index (χ0v) is 16.7. The first-order chi connectivity index (χ1) is 12.8. The molecule has 0 aliphatic heterocycles. The predicted octanol–water partition coefficient (Wildman–Crippen LogP) is 5.90. The monoisotopic (exact) mass is 393 g/mol. The summed E-state index contributed by atoms with van der Waals surface area (Å²) in [4.78, 5) is 1.26. The maximum absolute atomic E-state index is 6.54. The molecule has 0 N–H and O–H groups in total. The third kappa shape index (κ3) is 3.23. The summed E-state index contributed by atoms with van der Waals surface area (Å²) in [5.41, 5.74) is 0. The average Bonchev–Trinajstić information content (AvgIpc) is 3.12. The van der Waals surface area contributed by atoms with E-state index >= 15 is 0 Å². The van der Waals surface area contributed by atoms with Crippen LogP contribution in [0.3, 0.4) is 0 Å². The van der Waals surface area contributed by atoms with Crippen molar-refractivity contribution in [1.29, 1.82) is 0 Å². The normalized spacial score (nSPS) is 11.4. The van der Waals surface area contributed by atoms with Gasteiger partial charge in [0, 0.05) is 0 Å². The second-order valence-corrected chi connectivity index (χ2v) is 11.1. The van der Waals surface area contributed by atoms with Crippen LogP contribution in [0.15, 0.2) is 102 Å². The molecule has 0 radical (unpaired) electrons. The lowest BCUT2D eigenvalue weighted by Gasteiger charge is -2.27. The van der Waals surface area contributed by atoms with Crippen molar-refractivity contribution >= 4 is 46.1 Å². The lowest BCUT2D eigenvalue weighted by molar-refractivity contribution is 1.50. The van der Waals surface area contributed by atoms with Crippen LogP contribution in [-0.4, -0.2) is 0 Å². The zero-order chi connectivity index (χ0) is 17.8. The largest absolute Gasteiger partial charge is 0.143 e. The van der Waals surface area contributed by atoms with Crippen molar-refractivity contribution < 1.29 is 0 Å². The molecule has 4 rings (SSSR count). The van der Waals surface area contributed by atoms with Gasteiger partial charge in [0.15, 0.2) is 0 Å². The molecule has 0 amide bonds. The fourth-order valence-electron chi connectivity index (χ4n) is 3.42. The van der Waals surface area contributed by atoms with Gasteiger partial charge in [0.05, 0.1) is 9.90 Å². The molecular formula is C23H19ClPS+. The minimum Gasteiger partial charge on any atom is -0.143 e. The SMILES string of the molecule is Clc1ccsc1C[P+](c1ccccc1)(c1ccccc1)c1ccccc1. The minimum atomic E-state index is -1.84. The average molecular weight is 394 g/mol. The third-order valence-corrected chi connectivity index (χ3v) is 10.6. The molecule has 0 bridgehead atoms. The summed E-state index contributed by atoms with van der Waals surface area (Å²) >= 11 is 8.29. The molecule has 0 fully saturated rings. The van der Waals surface area contributed by atoms with Gasteiger partial charge in [-0.2, -0.15) is 0 Å². The number of benzene rings is 3. The van der Waals surface area contributed by atoms with Crippen molar-refractivity contribution in [2.75, 3.05) is 0 Å². The van der Waals surface area contributed by atoms with Crippen molar-refractivity contribution in [3.63, 3.8) is 0 Å². The van der Waals surface area contributed by atoms with E-state index in [4.69, 9.17) is 11.6 Å². The van der Waals surface area contributed by atoms with Gasteiger partial charge in [-0.1, -0.05) is 66.2 Å². The molecule has 0 aliphatic rings. The van der Waals surface area contributed by atoms with Gasteiger partial charge in [0.2, 0.25) is 0 Å². The molecule has 1 heterocycles. The van der Waals surface area contributed by atoms with E-state index in [-0.39, 0.29) is 0 Å². The summed E-state index contributed by atoms with van der Waals surface area (Å²) in [7, 11) is -1.84. The molecule has 0 aliphatic carbocycles. The van der Waals surface area contributed by atoms with Crippen LogP contribution in [0.4, 0.5) is 0 Å². The lowest BCUT2D eigenvalue weighted by Crippen LogP contribution is -2.32. The van der Waals surface area contributed by atoms with Gasteiger partial charge in [0.1, 0.15) is 29.3 Å². The van der Waals surface area contributed by atoms with Gasteiger partial charge in [0.25, 0.3) is 0 Å². The standard InChI is InChI=1S/C23H19ClPS/c24-22-16-17-26-23(22)18-25(19-10-4-1-5-11-19,20-12-6-2-7-13-20)21-14-8-3-9-15-21/h1-17H,18H2/q+1. The van der Waals surface area contributed by atoms with Crippen LogP contribution in [-0.2, 0) is 6.16 Å². The number of thiophene rings is 1. The molecule has 3 aromatic carbocycles. The first-order valence-corrected chi connectivity index (χ1v) is 11.8. The van der Waals surface area contributed by atoms with E-state index in [1.54, 1.807) is 11.3 Å². The van der Waals surface area contributed by atoms with E-state index in [9.17, 15) is 0 Å². The van der Waals surface area contributed by atoms with Crippen LogP contribution in [0, 0.1) is 0 Å². The summed E-state index contributed by atoms with van der Waals surface area (Å²) in [6, 6.07) is 34.8. The quantitative estimate of drug-likeness (QED) is 0.370. The molecule has 128 valence electrons. The highest BCUT2D eigenvalue weighted by Crippen LogP contribution is 2.59. The summed E-state index contributed by atoms with van der Waals surface area (Å²) < 4.78 is 0. The van der Waals surface area contributed by atoms with Gasteiger partial charge >= 0.3 is 0 Å². The Balaban J connectivity index is 2.02. The van der Waals surface area contributed by atoms with E-state index in [1.807, 2.05) is 6.07 Å². The summed E-state index contributed by atoms with van der Waals surface area (Å²) in [6.45, 7) is 0. The smallest absolute Gasteiger partial charge is 0.117 e. The summed E-state index contributed by atoms with van der Waals surface area (Å²) in [5, 5.41) is 7.14. The fourth-order valence-corrected chi connectivity index (χ4v) is 9.37. The Bertz CT molecular complexity index is 868. The van der Waals surface area contributed by atoms with Crippen molar-refractivity contribution in [1.82, 2.24) is 0 Å². The first-order valence-electron chi connectivity index (χ1n) is 8.57. The lowest BCUT2D eigenvalue weighted by atomic mass is 10.4. The second-order valence-electron chi connectivity index (χ2n) is 6.17. The Morgan fingerprint density at radius 3 is 1.38 bits per heavy atom. The molecule has 1 aromatic heterocycles. The Kier molecular flexibility index (Phi) is 5.22. The highest BCUT2D eigenvalue weighted by molar-refractivity contribution is 7.95. The summed E-state index contributed by atoms with van der Waals surface area (Å²) in [6.07, 6.45) is 0.946. The van der Waals surface area contributed by atoms with Crippen molar-refractivity contribution in [2.45, 2.75) is 6.16 Å². The van der Waals surface area contributed by atoms with E-state index in [2.05, 4.69) is 96.4 Å². The van der Waals surface area contributed by atoms with Gasteiger partial charge in [-0.05, 0) is 47.8 Å².